The van der Waals surface area contributed by atoms with Gasteiger partial charge in [0.1, 0.15) is 0 Å². The van der Waals surface area contributed by atoms with Gasteiger partial charge in [0.25, 0.3) is 5.91 Å². The number of nitrogens with one attached hydrogen (secondary N) is 1. The molecule has 0 bridgehead atoms. The van der Waals surface area contributed by atoms with Crippen molar-refractivity contribution in [1.29, 1.82) is 0 Å². The highest BCUT2D eigenvalue weighted by Gasteiger charge is 2.38. The molecule has 5 nitrogen and oxygen atoms in total. The Morgan fingerprint density at radius 2 is 1.73 bits per heavy atom. The zero-order valence-corrected chi connectivity index (χ0v) is 24.3. The minimum atomic E-state index is -5.08. The van der Waals surface area contributed by atoms with E-state index in [-0.39, 0.29) is 17.4 Å². The number of alkyl halides is 3. The van der Waals surface area contributed by atoms with E-state index in [0.717, 1.165) is 48.5 Å². The van der Waals surface area contributed by atoms with E-state index in [2.05, 4.69) is 55.3 Å². The molecule has 1 amide bonds. The van der Waals surface area contributed by atoms with Crippen LogP contribution in [0.3, 0.4) is 0 Å². The molecule has 4 rings (SSSR count). The second-order valence-electron chi connectivity index (χ2n) is 10.9. The first-order chi connectivity index (χ1) is 18.7. The number of amides is 1. The highest BCUT2D eigenvalue weighted by atomic mass is 35.5. The molecule has 2 aromatic carbocycles. The van der Waals surface area contributed by atoms with Crippen LogP contribution in [0.4, 0.5) is 13.2 Å². The first kappa shape index (κ1) is 31.6. The second kappa shape index (κ2) is 13.7. The highest BCUT2D eigenvalue weighted by Crippen LogP contribution is 2.28. The predicted octanol–water partition coefficient (Wildman–Crippen LogP) is 7.78. The summed E-state index contributed by atoms with van der Waals surface area (Å²) in [5, 5.41) is 13.2. The van der Waals surface area contributed by atoms with E-state index in [9.17, 15) is 18.0 Å². The number of rotatable bonds is 5. The topological polar surface area (TPSA) is 69.6 Å². The minimum Gasteiger partial charge on any atom is -0.475 e. The molecule has 1 saturated heterocycles. The molecule has 1 unspecified atom stereocenters. The molecule has 1 atom stereocenters. The van der Waals surface area contributed by atoms with Gasteiger partial charge in [0.05, 0.1) is 4.88 Å². The van der Waals surface area contributed by atoms with Crippen LogP contribution in [0.1, 0.15) is 60.8 Å². The van der Waals surface area contributed by atoms with Crippen LogP contribution in [0.25, 0.3) is 11.1 Å². The lowest BCUT2D eigenvalue weighted by Gasteiger charge is -2.25. The monoisotopic (exact) mass is 594 g/mol. The third-order valence-corrected chi connectivity index (χ3v) is 7.70. The van der Waals surface area contributed by atoms with Crippen molar-refractivity contribution < 1.29 is 27.9 Å². The number of carboxylic acids is 1. The molecule has 1 fully saturated rings. The average Bonchev–Trinajstić information content (AvgIpc) is 3.27. The van der Waals surface area contributed by atoms with Crippen molar-refractivity contribution in [3.8, 4) is 11.1 Å². The first-order valence-corrected chi connectivity index (χ1v) is 14.3. The van der Waals surface area contributed by atoms with E-state index in [1.165, 1.54) is 28.9 Å². The molecular formula is C30H34ClF3N2O3S. The Kier molecular flexibility index (Phi) is 10.8. The summed E-state index contributed by atoms with van der Waals surface area (Å²) in [6.45, 7) is 9.63. The van der Waals surface area contributed by atoms with Crippen molar-refractivity contribution in [2.75, 3.05) is 13.1 Å². The predicted molar refractivity (Wildman–Crippen MR) is 154 cm³/mol. The van der Waals surface area contributed by atoms with Crippen molar-refractivity contribution in [2.45, 2.75) is 64.2 Å². The molecule has 0 spiro atoms. The number of carbonyl (C=O) groups is 2. The number of hydrogen-bond donors (Lipinski definition) is 2. The number of carbonyl (C=O) groups excluding carboxylic acids is 1. The van der Waals surface area contributed by atoms with Gasteiger partial charge in [0.2, 0.25) is 0 Å². The lowest BCUT2D eigenvalue weighted by molar-refractivity contribution is -0.192. The largest absolute Gasteiger partial charge is 0.490 e. The van der Waals surface area contributed by atoms with Gasteiger partial charge in [0.15, 0.2) is 0 Å². The smallest absolute Gasteiger partial charge is 0.475 e. The van der Waals surface area contributed by atoms with Crippen molar-refractivity contribution in [3.05, 3.63) is 81.0 Å². The van der Waals surface area contributed by atoms with Crippen LogP contribution < -0.4 is 5.32 Å². The van der Waals surface area contributed by atoms with Gasteiger partial charge in [-0.2, -0.15) is 13.2 Å². The molecule has 0 aliphatic carbocycles. The number of nitrogens with zero attached hydrogens (tertiary/aromatic N) is 1. The standard InChI is InChI=1S/C28H33ClN2OS.C2HF3O2/c1-28(2,3)23-12-10-20(11-13-23)17-31-14-5-4-9-25(18-31)30-27(32)26-16-22(19-33-26)21-7-6-8-24(29)15-21;3-2(4,5)1(6)7/h6-8,10-13,15-16,19,25H,4-5,9,14,17-18H2,1-3H3,(H,30,32);(H,6,7). The molecule has 3 aromatic rings. The van der Waals surface area contributed by atoms with E-state index in [4.69, 9.17) is 21.5 Å². The molecule has 1 aliphatic heterocycles. The van der Waals surface area contributed by atoms with Crippen LogP contribution in [-0.2, 0) is 16.8 Å². The summed E-state index contributed by atoms with van der Waals surface area (Å²) >= 11 is 7.62. The number of thiophene rings is 1. The highest BCUT2D eigenvalue weighted by molar-refractivity contribution is 7.12. The molecule has 216 valence electrons. The summed E-state index contributed by atoms with van der Waals surface area (Å²) < 4.78 is 31.7. The van der Waals surface area contributed by atoms with E-state index < -0.39 is 12.1 Å². The third-order valence-electron chi connectivity index (χ3n) is 6.54. The van der Waals surface area contributed by atoms with Gasteiger partial charge >= 0.3 is 12.1 Å². The lowest BCUT2D eigenvalue weighted by Crippen LogP contribution is -2.42. The van der Waals surface area contributed by atoms with E-state index in [1.54, 1.807) is 0 Å². The first-order valence-electron chi connectivity index (χ1n) is 13.0. The second-order valence-corrected chi connectivity index (χ2v) is 12.2. The van der Waals surface area contributed by atoms with Crippen LogP contribution >= 0.6 is 22.9 Å². The van der Waals surface area contributed by atoms with Gasteiger partial charge in [-0.25, -0.2) is 4.79 Å². The van der Waals surface area contributed by atoms with Crippen molar-refractivity contribution in [3.63, 3.8) is 0 Å². The quantitative estimate of drug-likeness (QED) is 0.316. The van der Waals surface area contributed by atoms with Gasteiger partial charge in [0, 0.05) is 24.2 Å². The number of aliphatic carboxylic acids is 1. The Labute approximate surface area is 242 Å². The Hall–Kier alpha value is -2.88. The molecule has 1 aliphatic rings. The van der Waals surface area contributed by atoms with Crippen LogP contribution in [0.5, 0.6) is 0 Å². The molecule has 2 N–H and O–H groups in total. The minimum absolute atomic E-state index is 0.0228. The van der Waals surface area contributed by atoms with E-state index in [0.29, 0.717) is 5.02 Å². The zero-order valence-electron chi connectivity index (χ0n) is 22.7. The van der Waals surface area contributed by atoms with Crippen LogP contribution in [-0.4, -0.2) is 47.2 Å². The molecule has 0 saturated carbocycles. The maximum absolute atomic E-state index is 13.0. The fourth-order valence-electron chi connectivity index (χ4n) is 4.38. The summed E-state index contributed by atoms with van der Waals surface area (Å²) in [6, 6.07) is 18.9. The average molecular weight is 595 g/mol. The maximum Gasteiger partial charge on any atom is 0.490 e. The fourth-order valence-corrected chi connectivity index (χ4v) is 5.39. The fraction of sp³-hybridized carbons (Fsp3) is 0.400. The SMILES string of the molecule is CC(C)(C)c1ccc(CN2CCCCC(NC(=O)c3cc(-c4cccc(Cl)c4)cs3)C2)cc1.O=C(O)C(F)(F)F. The normalized spacial score (nSPS) is 16.4. The summed E-state index contributed by atoms with van der Waals surface area (Å²) in [5.41, 5.74) is 4.94. The Morgan fingerprint density at radius 1 is 1.05 bits per heavy atom. The Morgan fingerprint density at radius 3 is 2.33 bits per heavy atom. The Balaban J connectivity index is 0.000000559. The number of benzene rings is 2. The van der Waals surface area contributed by atoms with Crippen molar-refractivity contribution >= 4 is 34.8 Å². The number of likely N-dealkylation sites (tertiary alicyclic amines) is 1. The summed E-state index contributed by atoms with van der Waals surface area (Å²) in [6.07, 6.45) is -1.75. The molecule has 0 radical (unpaired) electrons. The van der Waals surface area contributed by atoms with Gasteiger partial charge in [-0.15, -0.1) is 11.3 Å². The van der Waals surface area contributed by atoms with Crippen LogP contribution in [0, 0.1) is 0 Å². The third kappa shape index (κ3) is 9.64. The zero-order chi connectivity index (χ0) is 29.5. The van der Waals surface area contributed by atoms with Gasteiger partial charge in [-0.1, -0.05) is 75.2 Å². The number of hydrogen-bond acceptors (Lipinski definition) is 4. The Bertz CT molecular complexity index is 1290. The molecule has 1 aromatic heterocycles. The molecule has 10 heteroatoms. The van der Waals surface area contributed by atoms with Crippen LogP contribution in [0.15, 0.2) is 60.0 Å². The summed E-state index contributed by atoms with van der Waals surface area (Å²) in [4.78, 5) is 25.1. The van der Waals surface area contributed by atoms with Gasteiger partial charge in [-0.3, -0.25) is 9.69 Å². The molecule has 40 heavy (non-hydrogen) atoms. The maximum atomic E-state index is 13.0. The number of carboxylic acid groups (broad SMARTS) is 1. The number of halogens is 4. The van der Waals surface area contributed by atoms with Crippen LogP contribution in [0.2, 0.25) is 5.02 Å². The van der Waals surface area contributed by atoms with Crippen molar-refractivity contribution in [1.82, 2.24) is 10.2 Å². The molecular weight excluding hydrogens is 561 g/mol. The van der Waals surface area contributed by atoms with Gasteiger partial charge in [-0.05, 0) is 70.6 Å². The molecule has 2 heterocycles. The van der Waals surface area contributed by atoms with Gasteiger partial charge < -0.3 is 10.4 Å². The summed E-state index contributed by atoms with van der Waals surface area (Å²) in [7, 11) is 0. The summed E-state index contributed by atoms with van der Waals surface area (Å²) in [5.74, 6) is -2.73. The van der Waals surface area contributed by atoms with Crippen molar-refractivity contribution in [2.24, 2.45) is 0 Å². The van der Waals surface area contributed by atoms with E-state index >= 15 is 0 Å². The van der Waals surface area contributed by atoms with E-state index in [1.807, 2.05) is 35.7 Å². The lowest BCUT2D eigenvalue weighted by atomic mass is 9.87.